The Morgan fingerprint density at radius 3 is 2.39 bits per heavy atom. The van der Waals surface area contributed by atoms with Gasteiger partial charge in [0.25, 0.3) is 5.56 Å². The Kier molecular flexibility index (Phi) is 5.06. The second-order valence-electron chi connectivity index (χ2n) is 7.45. The normalized spacial score (nSPS) is 11.1. The van der Waals surface area contributed by atoms with Crippen LogP contribution in [-0.2, 0) is 18.4 Å². The highest BCUT2D eigenvalue weighted by Gasteiger charge is 2.20. The van der Waals surface area contributed by atoms with Crippen molar-refractivity contribution >= 4 is 22.6 Å². The van der Waals surface area contributed by atoms with Crippen LogP contribution in [0.25, 0.3) is 16.7 Å². The van der Waals surface area contributed by atoms with Crippen LogP contribution in [-0.4, -0.2) is 19.6 Å². The molecule has 1 amide bonds. The van der Waals surface area contributed by atoms with Crippen molar-refractivity contribution in [1.29, 1.82) is 0 Å². The molecule has 0 saturated heterocycles. The fourth-order valence-corrected chi connectivity index (χ4v) is 3.56. The highest BCUT2D eigenvalue weighted by Crippen LogP contribution is 2.16. The number of hydrogen-bond donors (Lipinski definition) is 1. The summed E-state index contributed by atoms with van der Waals surface area (Å²) in [6.45, 7) is 3.34. The molecule has 2 aromatic heterocycles. The van der Waals surface area contributed by atoms with Gasteiger partial charge in [0.15, 0.2) is 0 Å². The van der Waals surface area contributed by atoms with Gasteiger partial charge >= 0.3 is 5.69 Å². The molecule has 2 heterocycles. The zero-order valence-electron chi connectivity index (χ0n) is 17.3. The third-order valence-electron chi connectivity index (χ3n) is 5.31. The zero-order valence-corrected chi connectivity index (χ0v) is 17.3. The van der Waals surface area contributed by atoms with Crippen molar-refractivity contribution in [1.82, 2.24) is 13.7 Å². The number of aromatic nitrogens is 3. The first kappa shape index (κ1) is 20.3. The largest absolute Gasteiger partial charge is 0.342 e. The van der Waals surface area contributed by atoms with E-state index in [9.17, 15) is 18.8 Å². The fraction of sp³-hybridized carbons (Fsp3) is 0.174. The van der Waals surface area contributed by atoms with Gasteiger partial charge in [-0.3, -0.25) is 14.2 Å². The molecule has 31 heavy (non-hydrogen) atoms. The minimum Gasteiger partial charge on any atom is -0.342 e. The molecule has 8 heteroatoms. The van der Waals surface area contributed by atoms with Crippen molar-refractivity contribution in [2.45, 2.75) is 20.4 Å². The Bertz CT molecular complexity index is 1430. The number of halogens is 1. The number of amides is 1. The number of rotatable bonds is 4. The molecule has 0 radical (unpaired) electrons. The van der Waals surface area contributed by atoms with Crippen LogP contribution in [0.15, 0.2) is 64.2 Å². The van der Waals surface area contributed by atoms with E-state index in [1.807, 2.05) is 13.8 Å². The molecule has 2 aromatic carbocycles. The van der Waals surface area contributed by atoms with Gasteiger partial charge in [0.05, 0.1) is 16.9 Å². The predicted molar refractivity (Wildman–Crippen MR) is 117 cm³/mol. The minimum absolute atomic E-state index is 0.0212. The van der Waals surface area contributed by atoms with E-state index in [0.29, 0.717) is 16.7 Å². The third-order valence-corrected chi connectivity index (χ3v) is 5.31. The molecule has 0 aliphatic heterocycles. The molecular weight excluding hydrogens is 399 g/mol. The van der Waals surface area contributed by atoms with Gasteiger partial charge < -0.3 is 9.88 Å². The topological polar surface area (TPSA) is 78.0 Å². The van der Waals surface area contributed by atoms with Crippen LogP contribution in [0.3, 0.4) is 0 Å². The summed E-state index contributed by atoms with van der Waals surface area (Å²) < 4.78 is 17.9. The number of nitrogens with one attached hydrogen (secondary N) is 1. The Balaban J connectivity index is 1.88. The molecule has 0 bridgehead atoms. The number of carbonyl (C=O) groups is 1. The Labute approximate surface area is 177 Å². The van der Waals surface area contributed by atoms with Gasteiger partial charge in [0.1, 0.15) is 17.9 Å². The van der Waals surface area contributed by atoms with Crippen molar-refractivity contribution in [3.63, 3.8) is 0 Å². The number of carbonyl (C=O) groups excluding carboxylic acids is 1. The Morgan fingerprint density at radius 1 is 1.03 bits per heavy atom. The summed E-state index contributed by atoms with van der Waals surface area (Å²) in [7, 11) is 1.73. The SMILES string of the molecule is Cc1ccc(-n2c(=O)c3c(cc(C)n3C)n(CC(=O)Nc3ccccc3F)c2=O)cc1. The van der Waals surface area contributed by atoms with Crippen LogP contribution < -0.4 is 16.6 Å². The summed E-state index contributed by atoms with van der Waals surface area (Å²) in [5.74, 6) is -1.15. The van der Waals surface area contributed by atoms with Crippen molar-refractivity contribution < 1.29 is 9.18 Å². The molecule has 0 aliphatic carbocycles. The highest BCUT2D eigenvalue weighted by molar-refractivity contribution is 5.91. The number of nitrogens with zero attached hydrogens (tertiary/aromatic N) is 3. The molecule has 0 unspecified atom stereocenters. The first-order valence-corrected chi connectivity index (χ1v) is 9.71. The second kappa shape index (κ2) is 7.71. The number of aryl methyl sites for hydroxylation is 3. The van der Waals surface area contributed by atoms with Crippen LogP contribution in [0, 0.1) is 19.7 Å². The van der Waals surface area contributed by atoms with E-state index in [1.165, 1.54) is 22.8 Å². The predicted octanol–water partition coefficient (Wildman–Crippen LogP) is 2.89. The first-order valence-electron chi connectivity index (χ1n) is 9.71. The number of para-hydroxylation sites is 1. The maximum absolute atomic E-state index is 13.9. The van der Waals surface area contributed by atoms with Gasteiger partial charge in [-0.25, -0.2) is 13.8 Å². The summed E-state index contributed by atoms with van der Waals surface area (Å²) in [5.41, 5.74) is 1.71. The molecule has 0 spiro atoms. The van der Waals surface area contributed by atoms with E-state index in [0.717, 1.165) is 15.8 Å². The van der Waals surface area contributed by atoms with E-state index in [-0.39, 0.29) is 12.2 Å². The quantitative estimate of drug-likeness (QED) is 0.552. The van der Waals surface area contributed by atoms with Crippen LogP contribution >= 0.6 is 0 Å². The van der Waals surface area contributed by atoms with Crippen LogP contribution in [0.1, 0.15) is 11.3 Å². The van der Waals surface area contributed by atoms with Crippen molar-refractivity contribution in [2.75, 3.05) is 5.32 Å². The van der Waals surface area contributed by atoms with Crippen LogP contribution in [0.2, 0.25) is 0 Å². The fourth-order valence-electron chi connectivity index (χ4n) is 3.56. The van der Waals surface area contributed by atoms with E-state index >= 15 is 0 Å². The molecule has 0 saturated carbocycles. The maximum Gasteiger partial charge on any atom is 0.336 e. The van der Waals surface area contributed by atoms with Gasteiger partial charge in [0.2, 0.25) is 5.91 Å². The van der Waals surface area contributed by atoms with Crippen molar-refractivity contribution in [3.8, 4) is 5.69 Å². The third kappa shape index (κ3) is 3.56. The molecule has 1 N–H and O–H groups in total. The zero-order chi connectivity index (χ0) is 22.3. The summed E-state index contributed by atoms with van der Waals surface area (Å²) in [5, 5.41) is 2.49. The lowest BCUT2D eigenvalue weighted by atomic mass is 10.2. The summed E-state index contributed by atoms with van der Waals surface area (Å²) in [6.07, 6.45) is 0. The maximum atomic E-state index is 13.9. The molecule has 158 valence electrons. The van der Waals surface area contributed by atoms with E-state index in [4.69, 9.17) is 0 Å². The van der Waals surface area contributed by atoms with Crippen LogP contribution in [0.4, 0.5) is 10.1 Å². The molecule has 4 rings (SSSR count). The monoisotopic (exact) mass is 420 g/mol. The molecule has 0 atom stereocenters. The average Bonchev–Trinajstić information content (AvgIpc) is 3.03. The van der Waals surface area contributed by atoms with Crippen molar-refractivity contribution in [3.05, 3.63) is 92.5 Å². The lowest BCUT2D eigenvalue weighted by Gasteiger charge is -2.13. The van der Waals surface area contributed by atoms with E-state index in [2.05, 4.69) is 5.32 Å². The number of hydrogen-bond acceptors (Lipinski definition) is 3. The molecule has 0 fully saturated rings. The highest BCUT2D eigenvalue weighted by atomic mass is 19.1. The van der Waals surface area contributed by atoms with Crippen LogP contribution in [0.5, 0.6) is 0 Å². The molecular formula is C23H21FN4O3. The standard InChI is InChI=1S/C23H21FN4O3/c1-14-8-10-16(11-9-14)28-22(30)21-19(12-15(2)26(21)3)27(23(28)31)13-20(29)25-18-7-5-4-6-17(18)24/h4-12H,13H2,1-3H3,(H,25,29). The number of benzene rings is 2. The molecule has 0 aliphatic rings. The van der Waals surface area contributed by atoms with Gasteiger partial charge in [-0.1, -0.05) is 29.8 Å². The summed E-state index contributed by atoms with van der Waals surface area (Å²) in [4.78, 5) is 39.2. The van der Waals surface area contributed by atoms with Gasteiger partial charge in [0, 0.05) is 12.7 Å². The lowest BCUT2D eigenvalue weighted by Crippen LogP contribution is -2.41. The summed E-state index contributed by atoms with van der Waals surface area (Å²) >= 11 is 0. The Hall–Kier alpha value is -3.94. The van der Waals surface area contributed by atoms with Crippen molar-refractivity contribution in [2.24, 2.45) is 7.05 Å². The molecule has 4 aromatic rings. The van der Waals surface area contributed by atoms with Gasteiger partial charge in [-0.2, -0.15) is 0 Å². The number of anilines is 1. The van der Waals surface area contributed by atoms with E-state index < -0.39 is 23.0 Å². The first-order chi connectivity index (χ1) is 14.8. The smallest absolute Gasteiger partial charge is 0.336 e. The minimum atomic E-state index is -0.643. The van der Waals surface area contributed by atoms with Gasteiger partial charge in [-0.05, 0) is 44.2 Å². The Morgan fingerprint density at radius 2 is 1.71 bits per heavy atom. The van der Waals surface area contributed by atoms with Gasteiger partial charge in [-0.15, -0.1) is 0 Å². The lowest BCUT2D eigenvalue weighted by molar-refractivity contribution is -0.116. The second-order valence-corrected chi connectivity index (χ2v) is 7.45. The average molecular weight is 420 g/mol. The summed E-state index contributed by atoms with van der Waals surface area (Å²) in [6, 6.07) is 14.4. The number of fused-ring (bicyclic) bond motifs is 1. The van der Waals surface area contributed by atoms with E-state index in [1.54, 1.807) is 48.0 Å². The molecule has 7 nitrogen and oxygen atoms in total.